The van der Waals surface area contributed by atoms with Crippen molar-refractivity contribution in [2.45, 2.75) is 20.3 Å². The smallest absolute Gasteiger partial charge is 0.259 e. The van der Waals surface area contributed by atoms with Gasteiger partial charge in [0.2, 0.25) is 5.91 Å². The van der Waals surface area contributed by atoms with Crippen LogP contribution in [0.4, 0.5) is 5.69 Å². The highest BCUT2D eigenvalue weighted by molar-refractivity contribution is 5.90. The van der Waals surface area contributed by atoms with E-state index in [0.717, 1.165) is 16.9 Å². The normalized spacial score (nSPS) is 10.2. The third kappa shape index (κ3) is 6.33. The van der Waals surface area contributed by atoms with E-state index in [4.69, 9.17) is 9.47 Å². The standard InChI is InChI=1S/C21H26N2O4/c1-15-6-5-7-19(16(15)2)26-13-12-20(24)22-17-8-10-18(11-9-17)27-14-21(25)23(3)4/h5-11H,12-14H2,1-4H3,(H,22,24). The molecule has 27 heavy (non-hydrogen) atoms. The third-order valence-corrected chi connectivity index (χ3v) is 4.14. The lowest BCUT2D eigenvalue weighted by molar-refractivity contribution is -0.130. The Morgan fingerprint density at radius 3 is 2.37 bits per heavy atom. The summed E-state index contributed by atoms with van der Waals surface area (Å²) in [5.41, 5.74) is 2.91. The van der Waals surface area contributed by atoms with E-state index in [1.165, 1.54) is 4.90 Å². The van der Waals surface area contributed by atoms with Gasteiger partial charge in [0.15, 0.2) is 6.61 Å². The Labute approximate surface area is 160 Å². The molecule has 2 aromatic carbocycles. The molecule has 0 aliphatic rings. The fourth-order valence-electron chi connectivity index (χ4n) is 2.27. The molecule has 0 radical (unpaired) electrons. The van der Waals surface area contributed by atoms with Crippen LogP contribution in [0.15, 0.2) is 42.5 Å². The second-order valence-electron chi connectivity index (χ2n) is 6.45. The van der Waals surface area contributed by atoms with Crippen LogP contribution in [-0.4, -0.2) is 44.0 Å². The van der Waals surface area contributed by atoms with Crippen LogP contribution in [0.25, 0.3) is 0 Å². The predicted octanol–water partition coefficient (Wildman–Crippen LogP) is 3.18. The molecule has 0 atom stereocenters. The fraction of sp³-hybridized carbons (Fsp3) is 0.333. The summed E-state index contributed by atoms with van der Waals surface area (Å²) in [4.78, 5) is 25.0. The Balaban J connectivity index is 1.77. The summed E-state index contributed by atoms with van der Waals surface area (Å²) in [6, 6.07) is 12.8. The Morgan fingerprint density at radius 2 is 1.70 bits per heavy atom. The summed E-state index contributed by atoms with van der Waals surface area (Å²) >= 11 is 0. The number of hydrogen-bond donors (Lipinski definition) is 1. The number of likely N-dealkylation sites (N-methyl/N-ethyl adjacent to an activating group) is 1. The van der Waals surface area contributed by atoms with Crippen LogP contribution in [0.2, 0.25) is 0 Å². The average Bonchev–Trinajstić information content (AvgIpc) is 2.64. The van der Waals surface area contributed by atoms with Crippen molar-refractivity contribution in [3.05, 3.63) is 53.6 Å². The van der Waals surface area contributed by atoms with Crippen LogP contribution in [0, 0.1) is 13.8 Å². The van der Waals surface area contributed by atoms with Gasteiger partial charge in [0, 0.05) is 19.8 Å². The number of benzene rings is 2. The Bertz CT molecular complexity index is 785. The lowest BCUT2D eigenvalue weighted by Crippen LogP contribution is -2.27. The first-order valence-corrected chi connectivity index (χ1v) is 8.78. The van der Waals surface area contributed by atoms with Gasteiger partial charge < -0.3 is 19.7 Å². The number of carbonyl (C=O) groups excluding carboxylic acids is 2. The van der Waals surface area contributed by atoms with E-state index in [0.29, 0.717) is 18.0 Å². The van der Waals surface area contributed by atoms with Crippen molar-refractivity contribution in [2.24, 2.45) is 0 Å². The van der Waals surface area contributed by atoms with Gasteiger partial charge in [-0.3, -0.25) is 9.59 Å². The maximum atomic E-state index is 12.1. The molecule has 0 bridgehead atoms. The van der Waals surface area contributed by atoms with Gasteiger partial charge in [-0.2, -0.15) is 0 Å². The molecule has 0 saturated heterocycles. The molecule has 6 nitrogen and oxygen atoms in total. The largest absolute Gasteiger partial charge is 0.493 e. The molecule has 0 heterocycles. The molecule has 0 fully saturated rings. The van der Waals surface area contributed by atoms with E-state index < -0.39 is 0 Å². The second-order valence-corrected chi connectivity index (χ2v) is 6.45. The van der Waals surface area contributed by atoms with Crippen LogP contribution in [-0.2, 0) is 9.59 Å². The Morgan fingerprint density at radius 1 is 1.00 bits per heavy atom. The van der Waals surface area contributed by atoms with Crippen LogP contribution in [0.1, 0.15) is 17.5 Å². The summed E-state index contributed by atoms with van der Waals surface area (Å²) in [6.45, 7) is 4.32. The lowest BCUT2D eigenvalue weighted by Gasteiger charge is -2.12. The summed E-state index contributed by atoms with van der Waals surface area (Å²) in [5.74, 6) is 1.13. The van der Waals surface area contributed by atoms with Crippen molar-refractivity contribution in [3.63, 3.8) is 0 Å². The first kappa shape index (κ1) is 20.3. The minimum atomic E-state index is -0.128. The number of aryl methyl sites for hydroxylation is 1. The van der Waals surface area contributed by atoms with E-state index in [1.807, 2.05) is 32.0 Å². The Kier molecular flexibility index (Phi) is 7.23. The highest BCUT2D eigenvalue weighted by Gasteiger charge is 2.07. The molecule has 0 spiro atoms. The van der Waals surface area contributed by atoms with E-state index in [2.05, 4.69) is 5.32 Å². The molecule has 0 aliphatic heterocycles. The van der Waals surface area contributed by atoms with E-state index in [1.54, 1.807) is 38.4 Å². The van der Waals surface area contributed by atoms with Gasteiger partial charge in [-0.05, 0) is 55.3 Å². The van der Waals surface area contributed by atoms with Crippen molar-refractivity contribution in [1.82, 2.24) is 4.90 Å². The molecular formula is C21H26N2O4. The molecule has 2 amide bonds. The topological polar surface area (TPSA) is 67.9 Å². The molecule has 2 rings (SSSR count). The van der Waals surface area contributed by atoms with E-state index >= 15 is 0 Å². The predicted molar refractivity (Wildman–Crippen MR) is 105 cm³/mol. The first-order valence-electron chi connectivity index (χ1n) is 8.78. The first-order chi connectivity index (χ1) is 12.9. The molecule has 1 N–H and O–H groups in total. The summed E-state index contributed by atoms with van der Waals surface area (Å²) in [6.07, 6.45) is 0.253. The van der Waals surface area contributed by atoms with E-state index in [-0.39, 0.29) is 24.8 Å². The van der Waals surface area contributed by atoms with Crippen molar-refractivity contribution in [2.75, 3.05) is 32.6 Å². The molecule has 2 aromatic rings. The summed E-state index contributed by atoms with van der Waals surface area (Å²) < 4.78 is 11.1. The number of nitrogens with zero attached hydrogens (tertiary/aromatic N) is 1. The highest BCUT2D eigenvalue weighted by atomic mass is 16.5. The molecule has 144 valence electrons. The van der Waals surface area contributed by atoms with Crippen molar-refractivity contribution in [1.29, 1.82) is 0 Å². The van der Waals surface area contributed by atoms with Crippen molar-refractivity contribution < 1.29 is 19.1 Å². The number of hydrogen-bond acceptors (Lipinski definition) is 4. The van der Waals surface area contributed by atoms with Gasteiger partial charge in [-0.25, -0.2) is 0 Å². The zero-order chi connectivity index (χ0) is 19.8. The number of carbonyl (C=O) groups is 2. The van der Waals surface area contributed by atoms with Gasteiger partial charge in [-0.15, -0.1) is 0 Å². The number of ether oxygens (including phenoxy) is 2. The second kappa shape index (κ2) is 9.62. The van der Waals surface area contributed by atoms with Crippen LogP contribution in [0.3, 0.4) is 0 Å². The van der Waals surface area contributed by atoms with E-state index in [9.17, 15) is 9.59 Å². The molecule has 0 aromatic heterocycles. The number of nitrogens with one attached hydrogen (secondary N) is 1. The molecule has 0 aliphatic carbocycles. The van der Waals surface area contributed by atoms with Gasteiger partial charge in [0.25, 0.3) is 5.91 Å². The SMILES string of the molecule is Cc1cccc(OCCC(=O)Nc2ccc(OCC(=O)N(C)C)cc2)c1C. The Hall–Kier alpha value is -3.02. The lowest BCUT2D eigenvalue weighted by atomic mass is 10.1. The van der Waals surface area contributed by atoms with Gasteiger partial charge in [-0.1, -0.05) is 12.1 Å². The van der Waals surface area contributed by atoms with Gasteiger partial charge in [0.05, 0.1) is 13.0 Å². The zero-order valence-corrected chi connectivity index (χ0v) is 16.2. The third-order valence-electron chi connectivity index (χ3n) is 4.14. The minimum absolute atomic E-state index is 0.0194. The maximum absolute atomic E-state index is 12.1. The van der Waals surface area contributed by atoms with Crippen molar-refractivity contribution in [3.8, 4) is 11.5 Å². The highest BCUT2D eigenvalue weighted by Crippen LogP contribution is 2.21. The maximum Gasteiger partial charge on any atom is 0.259 e. The monoisotopic (exact) mass is 370 g/mol. The number of rotatable bonds is 8. The van der Waals surface area contributed by atoms with Crippen molar-refractivity contribution >= 4 is 17.5 Å². The summed E-state index contributed by atoms with van der Waals surface area (Å²) in [7, 11) is 3.35. The summed E-state index contributed by atoms with van der Waals surface area (Å²) in [5, 5.41) is 2.81. The molecule has 0 unspecified atom stereocenters. The molecule has 6 heteroatoms. The average molecular weight is 370 g/mol. The number of amides is 2. The van der Waals surface area contributed by atoms with Gasteiger partial charge in [0.1, 0.15) is 11.5 Å². The number of anilines is 1. The zero-order valence-electron chi connectivity index (χ0n) is 16.2. The fourth-order valence-corrected chi connectivity index (χ4v) is 2.27. The van der Waals surface area contributed by atoms with Crippen LogP contribution >= 0.6 is 0 Å². The minimum Gasteiger partial charge on any atom is -0.493 e. The van der Waals surface area contributed by atoms with Gasteiger partial charge >= 0.3 is 0 Å². The molecular weight excluding hydrogens is 344 g/mol. The quantitative estimate of drug-likeness (QED) is 0.775. The van der Waals surface area contributed by atoms with Crippen LogP contribution in [0.5, 0.6) is 11.5 Å². The molecule has 0 saturated carbocycles. The van der Waals surface area contributed by atoms with Crippen LogP contribution < -0.4 is 14.8 Å².